The van der Waals surface area contributed by atoms with Crippen molar-refractivity contribution in [3.63, 3.8) is 0 Å². The highest BCUT2D eigenvalue weighted by Gasteiger charge is 2.23. The summed E-state index contributed by atoms with van der Waals surface area (Å²) >= 11 is 5.76. The van der Waals surface area contributed by atoms with Gasteiger partial charge in [-0.1, -0.05) is 11.6 Å². The lowest BCUT2D eigenvalue weighted by Crippen LogP contribution is -2.14. The molecule has 1 aromatic carbocycles. The molecule has 0 aliphatic carbocycles. The van der Waals surface area contributed by atoms with Crippen LogP contribution >= 0.6 is 11.6 Å². The molecular formula is C9H6ClN3O4S. The highest BCUT2D eigenvalue weighted by molar-refractivity contribution is 7.90. The molecule has 0 fully saturated rings. The Bertz CT molecular complexity index is 697. The predicted octanol–water partition coefficient (Wildman–Crippen LogP) is 1.68. The van der Waals surface area contributed by atoms with Crippen LogP contribution in [-0.4, -0.2) is 22.5 Å². The summed E-state index contributed by atoms with van der Waals surface area (Å²) in [7, 11) is -4.01. The molecule has 0 amide bonds. The predicted molar refractivity (Wildman–Crippen MR) is 62.9 cm³/mol. The first-order chi connectivity index (χ1) is 8.43. The number of hydrogen-bond acceptors (Lipinski definition) is 5. The number of benzene rings is 1. The van der Waals surface area contributed by atoms with Crippen LogP contribution < -0.4 is 0 Å². The van der Waals surface area contributed by atoms with Crippen LogP contribution in [0.5, 0.6) is 0 Å². The van der Waals surface area contributed by atoms with Crippen molar-refractivity contribution >= 4 is 27.3 Å². The highest BCUT2D eigenvalue weighted by atomic mass is 35.5. The van der Waals surface area contributed by atoms with E-state index in [9.17, 15) is 18.5 Å². The summed E-state index contributed by atoms with van der Waals surface area (Å²) in [5, 5.41) is 14.1. The Balaban J connectivity index is 2.64. The van der Waals surface area contributed by atoms with Gasteiger partial charge in [0.1, 0.15) is 4.90 Å². The molecule has 7 nitrogen and oxygen atoms in total. The van der Waals surface area contributed by atoms with Gasteiger partial charge in [0.25, 0.3) is 15.7 Å². The Morgan fingerprint density at radius 3 is 2.67 bits per heavy atom. The second-order valence-corrected chi connectivity index (χ2v) is 5.43. The van der Waals surface area contributed by atoms with Crippen molar-refractivity contribution in [2.75, 3.05) is 0 Å². The summed E-state index contributed by atoms with van der Waals surface area (Å²) in [6.45, 7) is 0. The van der Waals surface area contributed by atoms with Crippen LogP contribution in [0.15, 0.2) is 41.6 Å². The third kappa shape index (κ3) is 2.07. The molecule has 2 rings (SSSR count). The number of non-ortho nitro benzene ring substituents is 1. The number of aromatic nitrogens is 2. The zero-order valence-electron chi connectivity index (χ0n) is 8.72. The molecular weight excluding hydrogens is 282 g/mol. The van der Waals surface area contributed by atoms with E-state index in [1.54, 1.807) is 0 Å². The largest absolute Gasteiger partial charge is 0.284 e. The monoisotopic (exact) mass is 287 g/mol. The van der Waals surface area contributed by atoms with Crippen LogP contribution in [-0.2, 0) is 10.0 Å². The summed E-state index contributed by atoms with van der Waals surface area (Å²) in [6.07, 6.45) is 2.49. The van der Waals surface area contributed by atoms with Crippen LogP contribution in [0, 0.1) is 10.1 Å². The van der Waals surface area contributed by atoms with Crippen molar-refractivity contribution in [1.82, 2.24) is 9.19 Å². The molecule has 0 aliphatic heterocycles. The third-order valence-electron chi connectivity index (χ3n) is 2.13. The van der Waals surface area contributed by atoms with E-state index in [1.807, 2.05) is 0 Å². The third-order valence-corrected chi connectivity index (χ3v) is 4.17. The van der Waals surface area contributed by atoms with E-state index >= 15 is 0 Å². The van der Waals surface area contributed by atoms with Gasteiger partial charge in [-0.3, -0.25) is 10.1 Å². The smallest absolute Gasteiger partial charge is 0.258 e. The average Bonchev–Trinajstić information content (AvgIpc) is 2.82. The second kappa shape index (κ2) is 4.39. The van der Waals surface area contributed by atoms with Gasteiger partial charge in [-0.25, -0.2) is 0 Å². The molecule has 0 unspecified atom stereocenters. The van der Waals surface area contributed by atoms with Gasteiger partial charge in [0, 0.05) is 18.3 Å². The maximum atomic E-state index is 12.1. The molecule has 0 saturated carbocycles. The summed E-state index contributed by atoms with van der Waals surface area (Å²) in [5.41, 5.74) is -0.356. The maximum Gasteiger partial charge on any atom is 0.284 e. The molecule has 0 saturated heterocycles. The SMILES string of the molecule is O=[N+]([O-])c1ccc(Cl)c(S(=O)(=O)n2cccn2)c1. The molecule has 1 aromatic heterocycles. The van der Waals surface area contributed by atoms with Crippen molar-refractivity contribution in [1.29, 1.82) is 0 Å². The van der Waals surface area contributed by atoms with Gasteiger partial charge in [0.15, 0.2) is 0 Å². The highest BCUT2D eigenvalue weighted by Crippen LogP contribution is 2.27. The Labute approximate surface area is 107 Å². The lowest BCUT2D eigenvalue weighted by molar-refractivity contribution is -0.385. The number of rotatable bonds is 3. The van der Waals surface area contributed by atoms with Crippen LogP contribution in [0.3, 0.4) is 0 Å². The number of nitrogens with zero attached hydrogens (tertiary/aromatic N) is 3. The van der Waals surface area contributed by atoms with Crippen LogP contribution in [0.1, 0.15) is 0 Å². The van der Waals surface area contributed by atoms with Gasteiger partial charge in [-0.15, -0.1) is 0 Å². The zero-order chi connectivity index (χ0) is 13.3. The molecule has 1 heterocycles. The minimum Gasteiger partial charge on any atom is -0.258 e. The van der Waals surface area contributed by atoms with E-state index in [0.717, 1.165) is 18.2 Å². The maximum absolute atomic E-state index is 12.1. The first-order valence-corrected chi connectivity index (χ1v) is 6.44. The van der Waals surface area contributed by atoms with Crippen molar-refractivity contribution in [3.8, 4) is 0 Å². The number of nitro groups is 1. The molecule has 94 valence electrons. The van der Waals surface area contributed by atoms with Gasteiger partial charge in [-0.2, -0.15) is 17.6 Å². The summed E-state index contributed by atoms with van der Waals surface area (Å²) in [6, 6.07) is 4.61. The molecule has 0 N–H and O–H groups in total. The Kier molecular flexibility index (Phi) is 3.05. The van der Waals surface area contributed by atoms with Gasteiger partial charge < -0.3 is 0 Å². The second-order valence-electron chi connectivity index (χ2n) is 3.26. The quantitative estimate of drug-likeness (QED) is 0.632. The molecule has 18 heavy (non-hydrogen) atoms. The molecule has 0 aliphatic rings. The first kappa shape index (κ1) is 12.5. The molecule has 2 aromatic rings. The van der Waals surface area contributed by atoms with E-state index in [2.05, 4.69) is 5.10 Å². The number of hydrogen-bond donors (Lipinski definition) is 0. The van der Waals surface area contributed by atoms with Gasteiger partial charge in [0.2, 0.25) is 0 Å². The average molecular weight is 288 g/mol. The minimum absolute atomic E-state index is 0.101. The molecule has 0 radical (unpaired) electrons. The molecule has 0 spiro atoms. The lowest BCUT2D eigenvalue weighted by atomic mass is 10.3. The Morgan fingerprint density at radius 2 is 2.11 bits per heavy atom. The van der Waals surface area contributed by atoms with Crippen LogP contribution in [0.2, 0.25) is 5.02 Å². The summed E-state index contributed by atoms with van der Waals surface area (Å²) < 4.78 is 24.9. The van der Waals surface area contributed by atoms with Crippen molar-refractivity contribution in [3.05, 3.63) is 51.8 Å². The Hall–Kier alpha value is -1.93. The van der Waals surface area contributed by atoms with E-state index in [0.29, 0.717) is 4.09 Å². The minimum atomic E-state index is -4.01. The summed E-state index contributed by atoms with van der Waals surface area (Å²) in [4.78, 5) is 9.57. The number of halogens is 1. The van der Waals surface area contributed by atoms with Crippen molar-refractivity contribution in [2.24, 2.45) is 0 Å². The molecule has 0 bridgehead atoms. The number of nitro benzene ring substituents is 1. The van der Waals surface area contributed by atoms with Crippen molar-refractivity contribution < 1.29 is 13.3 Å². The van der Waals surface area contributed by atoms with Gasteiger partial charge in [0.05, 0.1) is 16.1 Å². The Morgan fingerprint density at radius 1 is 1.39 bits per heavy atom. The zero-order valence-corrected chi connectivity index (χ0v) is 10.3. The molecule has 9 heteroatoms. The topological polar surface area (TPSA) is 95.1 Å². The van der Waals surface area contributed by atoms with E-state index < -0.39 is 14.9 Å². The lowest BCUT2D eigenvalue weighted by Gasteiger charge is -2.05. The first-order valence-electron chi connectivity index (χ1n) is 4.62. The van der Waals surface area contributed by atoms with Crippen molar-refractivity contribution in [2.45, 2.75) is 4.90 Å². The fourth-order valence-electron chi connectivity index (χ4n) is 1.30. The standard InChI is InChI=1S/C9H6ClN3O4S/c10-8-3-2-7(13(14)15)6-9(8)18(16,17)12-5-1-4-11-12/h1-6H. The normalized spacial score (nSPS) is 11.4. The van der Waals surface area contributed by atoms with E-state index in [-0.39, 0.29) is 15.6 Å². The fraction of sp³-hybridized carbons (Fsp3) is 0. The van der Waals surface area contributed by atoms with Crippen LogP contribution in [0.25, 0.3) is 0 Å². The summed E-state index contributed by atoms with van der Waals surface area (Å²) in [5.74, 6) is 0. The van der Waals surface area contributed by atoms with Crippen LogP contribution in [0.4, 0.5) is 5.69 Å². The van der Waals surface area contributed by atoms with E-state index in [1.165, 1.54) is 18.5 Å². The molecule has 0 atom stereocenters. The fourth-order valence-corrected chi connectivity index (χ4v) is 2.91. The van der Waals surface area contributed by atoms with Gasteiger partial charge in [-0.05, 0) is 12.1 Å². The van der Waals surface area contributed by atoms with Gasteiger partial charge >= 0.3 is 0 Å². The van der Waals surface area contributed by atoms with E-state index in [4.69, 9.17) is 11.6 Å².